The second kappa shape index (κ2) is 11.8. The van der Waals surface area contributed by atoms with E-state index < -0.39 is 0 Å². The lowest BCUT2D eigenvalue weighted by Crippen LogP contribution is -2.01. The van der Waals surface area contributed by atoms with Crippen LogP contribution < -0.4 is 0 Å². The van der Waals surface area contributed by atoms with Gasteiger partial charge >= 0.3 is 0 Å². The van der Waals surface area contributed by atoms with Crippen LogP contribution in [0, 0.1) is 22.7 Å². The molecule has 3 aromatic heterocycles. The van der Waals surface area contributed by atoms with Gasteiger partial charge in [-0.25, -0.2) is 0 Å². The molecule has 0 N–H and O–H groups in total. The molecule has 55 heavy (non-hydrogen) atoms. The Bertz CT molecular complexity index is 3400. The summed E-state index contributed by atoms with van der Waals surface area (Å²) in [7, 11) is 0. The van der Waals surface area contributed by atoms with E-state index in [9.17, 15) is 10.5 Å². The Hall–Kier alpha value is -7.86. The Morgan fingerprint density at radius 3 is 1.45 bits per heavy atom. The highest BCUT2D eigenvalue weighted by molar-refractivity contribution is 6.13. The molecule has 0 amide bonds. The standard InChI is InChI=1S/C50H29N5/c51-30-32-20-26-42-40-13-3-5-16-44(40)53(49(42)28-32)35-23-21-33(22-24-35)37-15-9-10-34(31-52)50(37)55-47-19-8-4-14-41(47)43-29-36(25-27-48(43)55)54-45-17-6-1-11-38(45)39-12-2-7-18-46(39)54/h1-29H. The summed E-state index contributed by atoms with van der Waals surface area (Å²) in [4.78, 5) is 0. The lowest BCUT2D eigenvalue weighted by Gasteiger charge is -2.17. The van der Waals surface area contributed by atoms with Crippen molar-refractivity contribution in [2.24, 2.45) is 0 Å². The maximum absolute atomic E-state index is 10.6. The van der Waals surface area contributed by atoms with Gasteiger partial charge in [-0.1, -0.05) is 103 Å². The molecule has 11 rings (SSSR count). The van der Waals surface area contributed by atoms with Gasteiger partial charge in [0, 0.05) is 49.3 Å². The predicted molar refractivity (Wildman–Crippen MR) is 224 cm³/mol. The summed E-state index contributed by atoms with van der Waals surface area (Å²) in [6.07, 6.45) is 0. The van der Waals surface area contributed by atoms with Crippen LogP contribution >= 0.6 is 0 Å². The molecule has 0 saturated heterocycles. The summed E-state index contributed by atoms with van der Waals surface area (Å²) in [6.45, 7) is 0. The number of aromatic nitrogens is 3. The maximum atomic E-state index is 10.6. The Morgan fingerprint density at radius 1 is 0.345 bits per heavy atom. The first-order chi connectivity index (χ1) is 27.2. The summed E-state index contributed by atoms with van der Waals surface area (Å²) >= 11 is 0. The molecule has 8 aromatic carbocycles. The molecule has 5 heteroatoms. The van der Waals surface area contributed by atoms with Crippen LogP contribution in [-0.2, 0) is 0 Å². The quantitative estimate of drug-likeness (QED) is 0.184. The van der Waals surface area contributed by atoms with Crippen LogP contribution in [0.2, 0.25) is 0 Å². The first-order valence-corrected chi connectivity index (χ1v) is 18.3. The van der Waals surface area contributed by atoms with Gasteiger partial charge in [0.1, 0.15) is 6.07 Å². The van der Waals surface area contributed by atoms with E-state index in [0.29, 0.717) is 11.1 Å². The highest BCUT2D eigenvalue weighted by Crippen LogP contribution is 2.41. The van der Waals surface area contributed by atoms with Crippen molar-refractivity contribution in [2.45, 2.75) is 0 Å². The number of nitriles is 2. The van der Waals surface area contributed by atoms with E-state index in [4.69, 9.17) is 0 Å². The van der Waals surface area contributed by atoms with Gasteiger partial charge in [0.05, 0.1) is 56.0 Å². The lowest BCUT2D eigenvalue weighted by atomic mass is 9.99. The van der Waals surface area contributed by atoms with Crippen molar-refractivity contribution in [3.63, 3.8) is 0 Å². The van der Waals surface area contributed by atoms with E-state index in [0.717, 1.165) is 71.8 Å². The molecule has 0 bridgehead atoms. The SMILES string of the molecule is N#Cc1ccc2c3ccccc3n(-c3ccc(-c4cccc(C#N)c4-n4c5ccccc5c5cc(-n6c7ccccc7c7ccccc76)ccc54)cc3)c2c1. The van der Waals surface area contributed by atoms with Crippen LogP contribution in [0.3, 0.4) is 0 Å². The van der Waals surface area contributed by atoms with Crippen LogP contribution in [-0.4, -0.2) is 13.7 Å². The fraction of sp³-hybridized carbons (Fsp3) is 0. The molecule has 0 unspecified atom stereocenters. The Labute approximate surface area is 316 Å². The van der Waals surface area contributed by atoms with Crippen LogP contribution in [0.25, 0.3) is 93.6 Å². The molecule has 0 aliphatic carbocycles. The van der Waals surface area contributed by atoms with Crippen LogP contribution in [0.5, 0.6) is 0 Å². The number of hydrogen-bond donors (Lipinski definition) is 0. The Morgan fingerprint density at radius 2 is 0.855 bits per heavy atom. The molecule has 0 atom stereocenters. The summed E-state index contributed by atoms with van der Waals surface area (Å²) in [5.74, 6) is 0. The summed E-state index contributed by atoms with van der Waals surface area (Å²) < 4.78 is 6.84. The lowest BCUT2D eigenvalue weighted by molar-refractivity contribution is 1.16. The first-order valence-electron chi connectivity index (χ1n) is 18.3. The highest BCUT2D eigenvalue weighted by atomic mass is 15.0. The number of rotatable bonds is 4. The van der Waals surface area contributed by atoms with Crippen molar-refractivity contribution < 1.29 is 0 Å². The van der Waals surface area contributed by atoms with Crippen molar-refractivity contribution in [3.05, 3.63) is 187 Å². The van der Waals surface area contributed by atoms with E-state index in [1.807, 2.05) is 30.3 Å². The largest absolute Gasteiger partial charge is 0.309 e. The normalized spacial score (nSPS) is 11.6. The van der Waals surface area contributed by atoms with Crippen LogP contribution in [0.4, 0.5) is 0 Å². The minimum absolute atomic E-state index is 0.599. The molecule has 0 radical (unpaired) electrons. The second-order valence-corrected chi connectivity index (χ2v) is 14.0. The molecule has 0 aliphatic heterocycles. The average Bonchev–Trinajstić information content (AvgIpc) is 3.88. The minimum atomic E-state index is 0.599. The summed E-state index contributed by atoms with van der Waals surface area (Å²) in [5.41, 5.74) is 12.6. The molecule has 3 heterocycles. The van der Waals surface area contributed by atoms with E-state index in [-0.39, 0.29) is 0 Å². The second-order valence-electron chi connectivity index (χ2n) is 14.0. The molecule has 0 saturated carbocycles. The predicted octanol–water partition coefficient (Wildman–Crippen LogP) is 12.4. The zero-order chi connectivity index (χ0) is 36.6. The fourth-order valence-corrected chi connectivity index (χ4v) is 8.76. The highest BCUT2D eigenvalue weighted by Gasteiger charge is 2.21. The number of hydrogen-bond acceptors (Lipinski definition) is 2. The van der Waals surface area contributed by atoms with Gasteiger partial charge in [0.2, 0.25) is 0 Å². The molecule has 11 aromatic rings. The van der Waals surface area contributed by atoms with Gasteiger partial charge in [-0.15, -0.1) is 0 Å². The van der Waals surface area contributed by atoms with Crippen molar-refractivity contribution >= 4 is 65.4 Å². The minimum Gasteiger partial charge on any atom is -0.309 e. The van der Waals surface area contributed by atoms with Crippen molar-refractivity contribution in [2.75, 3.05) is 0 Å². The van der Waals surface area contributed by atoms with Gasteiger partial charge in [-0.05, 0) is 78.4 Å². The van der Waals surface area contributed by atoms with E-state index in [2.05, 4.69) is 171 Å². The molecular formula is C50H29N5. The van der Waals surface area contributed by atoms with Gasteiger partial charge in [0.15, 0.2) is 0 Å². The number of benzene rings is 8. The first kappa shape index (κ1) is 30.7. The van der Waals surface area contributed by atoms with E-state index in [1.165, 1.54) is 21.8 Å². The van der Waals surface area contributed by atoms with Gasteiger partial charge in [0.25, 0.3) is 0 Å². The van der Waals surface area contributed by atoms with Crippen molar-refractivity contribution in [1.29, 1.82) is 10.5 Å². The number of fused-ring (bicyclic) bond motifs is 9. The smallest absolute Gasteiger partial charge is 0.101 e. The van der Waals surface area contributed by atoms with Crippen molar-refractivity contribution in [3.8, 4) is 40.3 Å². The third kappa shape index (κ3) is 4.45. The third-order valence-corrected chi connectivity index (χ3v) is 11.1. The number of nitrogens with zero attached hydrogens (tertiary/aromatic N) is 5. The Kier molecular flexibility index (Phi) is 6.61. The van der Waals surface area contributed by atoms with Gasteiger partial charge in [-0.3, -0.25) is 0 Å². The molecule has 5 nitrogen and oxygen atoms in total. The Balaban J connectivity index is 1.11. The average molecular weight is 700 g/mol. The summed E-state index contributed by atoms with van der Waals surface area (Å²) in [6, 6.07) is 65.9. The monoisotopic (exact) mass is 699 g/mol. The third-order valence-electron chi connectivity index (χ3n) is 11.1. The zero-order valence-corrected chi connectivity index (χ0v) is 29.5. The maximum Gasteiger partial charge on any atom is 0.101 e. The van der Waals surface area contributed by atoms with Gasteiger partial charge < -0.3 is 13.7 Å². The van der Waals surface area contributed by atoms with E-state index in [1.54, 1.807) is 0 Å². The molecule has 0 aliphatic rings. The van der Waals surface area contributed by atoms with Gasteiger partial charge in [-0.2, -0.15) is 10.5 Å². The number of para-hydroxylation sites is 5. The van der Waals surface area contributed by atoms with Crippen LogP contribution in [0.1, 0.15) is 11.1 Å². The molecular weight excluding hydrogens is 671 g/mol. The van der Waals surface area contributed by atoms with E-state index >= 15 is 0 Å². The topological polar surface area (TPSA) is 62.4 Å². The molecule has 0 fully saturated rings. The summed E-state index contributed by atoms with van der Waals surface area (Å²) in [5, 5.41) is 27.3. The van der Waals surface area contributed by atoms with Crippen LogP contribution in [0.15, 0.2) is 176 Å². The zero-order valence-electron chi connectivity index (χ0n) is 29.5. The fourth-order valence-electron chi connectivity index (χ4n) is 8.76. The molecule has 0 spiro atoms. The van der Waals surface area contributed by atoms with Crippen molar-refractivity contribution in [1.82, 2.24) is 13.7 Å². The molecule has 254 valence electrons.